The maximum absolute atomic E-state index is 13.2. The topological polar surface area (TPSA) is 61.8 Å². The maximum atomic E-state index is 13.2. The summed E-state index contributed by atoms with van der Waals surface area (Å²) in [7, 11) is 3.85. The Bertz CT molecular complexity index is 901. The molecule has 1 aromatic carbocycles. The second-order valence-electron chi connectivity index (χ2n) is 8.01. The molecule has 0 N–H and O–H groups in total. The van der Waals surface area contributed by atoms with Gasteiger partial charge in [-0.15, -0.1) is 0 Å². The summed E-state index contributed by atoms with van der Waals surface area (Å²) >= 11 is 6.25. The highest BCUT2D eigenvalue weighted by atomic mass is 35.5. The first-order valence-corrected chi connectivity index (χ1v) is 10.8. The number of carbonyl (C=O) groups is 1. The van der Waals surface area contributed by atoms with Gasteiger partial charge >= 0.3 is 0 Å². The molecule has 3 heterocycles. The predicted octanol–water partition coefficient (Wildman–Crippen LogP) is 2.86. The van der Waals surface area contributed by atoms with E-state index in [1.165, 1.54) is 0 Å². The largest absolute Gasteiger partial charge is 0.379 e. The van der Waals surface area contributed by atoms with Gasteiger partial charge in [-0.25, -0.2) is 9.97 Å². The van der Waals surface area contributed by atoms with E-state index in [-0.39, 0.29) is 11.9 Å². The van der Waals surface area contributed by atoms with E-state index in [1.807, 2.05) is 54.4 Å². The van der Waals surface area contributed by atoms with Crippen LogP contribution in [0.4, 0.5) is 5.95 Å². The average molecular weight is 430 g/mol. The second-order valence-corrected chi connectivity index (χ2v) is 8.44. The second kappa shape index (κ2) is 9.29. The molecule has 1 aromatic heterocycles. The zero-order valence-electron chi connectivity index (χ0n) is 17.6. The molecule has 0 bridgehead atoms. The van der Waals surface area contributed by atoms with Crippen molar-refractivity contribution in [3.05, 3.63) is 41.2 Å². The Morgan fingerprint density at radius 1 is 1.27 bits per heavy atom. The summed E-state index contributed by atoms with van der Waals surface area (Å²) < 4.78 is 5.41. The normalized spacial score (nSPS) is 19.8. The van der Waals surface area contributed by atoms with Crippen LogP contribution in [0.25, 0.3) is 11.1 Å². The fourth-order valence-corrected chi connectivity index (χ4v) is 4.31. The average Bonchev–Trinajstić information content (AvgIpc) is 3.24. The third-order valence-electron chi connectivity index (χ3n) is 5.69. The van der Waals surface area contributed by atoms with Crippen molar-refractivity contribution in [1.82, 2.24) is 19.8 Å². The highest BCUT2D eigenvalue weighted by molar-refractivity contribution is 6.30. The van der Waals surface area contributed by atoms with E-state index in [2.05, 4.69) is 9.88 Å². The molecule has 0 saturated carbocycles. The minimum Gasteiger partial charge on any atom is -0.379 e. The molecule has 0 radical (unpaired) electrons. The summed E-state index contributed by atoms with van der Waals surface area (Å²) in [5.41, 5.74) is 2.79. The number of benzene rings is 1. The monoisotopic (exact) mass is 429 g/mol. The fraction of sp³-hybridized carbons (Fsp3) is 0.500. The number of likely N-dealkylation sites (tertiary alicyclic amines) is 1. The predicted molar refractivity (Wildman–Crippen MR) is 118 cm³/mol. The lowest BCUT2D eigenvalue weighted by molar-refractivity contribution is -0.134. The molecule has 0 unspecified atom stereocenters. The molecule has 4 rings (SSSR count). The quantitative estimate of drug-likeness (QED) is 0.728. The third kappa shape index (κ3) is 4.58. The highest BCUT2D eigenvalue weighted by Crippen LogP contribution is 2.37. The van der Waals surface area contributed by atoms with Crippen molar-refractivity contribution >= 4 is 23.5 Å². The SMILES string of the molecule is CN(C)c1ncc(-c2cccc(Cl)c2)c([C@@H]2CCCN2C(=O)CN2CCOCC2)n1. The van der Waals surface area contributed by atoms with Crippen LogP contribution in [0.3, 0.4) is 0 Å². The van der Waals surface area contributed by atoms with Crippen molar-refractivity contribution in [3.8, 4) is 11.1 Å². The molecular formula is C22H28ClN5O2. The number of carbonyl (C=O) groups excluding carboxylic acids is 1. The molecule has 8 heteroatoms. The van der Waals surface area contributed by atoms with E-state index in [0.717, 1.165) is 49.3 Å². The number of aromatic nitrogens is 2. The van der Waals surface area contributed by atoms with E-state index in [4.69, 9.17) is 21.3 Å². The van der Waals surface area contributed by atoms with Crippen LogP contribution in [0, 0.1) is 0 Å². The van der Waals surface area contributed by atoms with Gasteiger partial charge in [0.1, 0.15) is 0 Å². The number of anilines is 1. The van der Waals surface area contributed by atoms with Crippen LogP contribution in [0.2, 0.25) is 5.02 Å². The maximum Gasteiger partial charge on any atom is 0.237 e. The first-order valence-electron chi connectivity index (χ1n) is 10.4. The summed E-state index contributed by atoms with van der Waals surface area (Å²) in [4.78, 5) is 28.6. The van der Waals surface area contributed by atoms with Gasteiger partial charge in [0, 0.05) is 50.5 Å². The van der Waals surface area contributed by atoms with Crippen molar-refractivity contribution in [2.75, 3.05) is 58.4 Å². The molecule has 2 aliphatic rings. The Kier molecular flexibility index (Phi) is 6.51. The summed E-state index contributed by atoms with van der Waals surface area (Å²) in [5.74, 6) is 0.796. The Morgan fingerprint density at radius 3 is 2.80 bits per heavy atom. The summed E-state index contributed by atoms with van der Waals surface area (Å²) in [6.07, 6.45) is 3.72. The van der Waals surface area contributed by atoms with E-state index in [1.54, 1.807) is 0 Å². The zero-order valence-corrected chi connectivity index (χ0v) is 18.3. The fourth-order valence-electron chi connectivity index (χ4n) is 4.12. The van der Waals surface area contributed by atoms with Gasteiger partial charge in [-0.05, 0) is 30.5 Å². The van der Waals surface area contributed by atoms with E-state index < -0.39 is 0 Å². The Balaban J connectivity index is 1.66. The number of ether oxygens (including phenoxy) is 1. The number of halogens is 1. The van der Waals surface area contributed by atoms with Crippen LogP contribution in [-0.2, 0) is 9.53 Å². The molecule has 1 atom stereocenters. The van der Waals surface area contributed by atoms with Crippen LogP contribution < -0.4 is 4.90 Å². The Hall–Kier alpha value is -2.22. The number of nitrogens with zero attached hydrogens (tertiary/aromatic N) is 5. The van der Waals surface area contributed by atoms with Crippen LogP contribution in [0.5, 0.6) is 0 Å². The number of hydrogen-bond acceptors (Lipinski definition) is 6. The molecular weight excluding hydrogens is 402 g/mol. The summed E-state index contributed by atoms with van der Waals surface area (Å²) in [6.45, 7) is 4.16. The lowest BCUT2D eigenvalue weighted by atomic mass is 10.00. The molecule has 2 aliphatic heterocycles. The molecule has 2 saturated heterocycles. The van der Waals surface area contributed by atoms with Gasteiger partial charge in [0.05, 0.1) is 31.5 Å². The first-order chi connectivity index (χ1) is 14.5. The first kappa shape index (κ1) is 21.0. The Morgan fingerprint density at radius 2 is 2.07 bits per heavy atom. The van der Waals surface area contributed by atoms with Gasteiger partial charge in [0.25, 0.3) is 0 Å². The summed E-state index contributed by atoms with van der Waals surface area (Å²) in [5, 5.41) is 0.668. The molecule has 0 spiro atoms. The number of rotatable bonds is 5. The molecule has 30 heavy (non-hydrogen) atoms. The number of amides is 1. The van der Waals surface area contributed by atoms with Crippen LogP contribution in [-0.4, -0.2) is 79.2 Å². The standard InChI is InChI=1S/C22H28ClN5O2/c1-26(2)22-24-14-18(16-5-3-6-17(23)13-16)21(25-22)19-7-4-8-28(19)20(29)15-27-9-11-30-12-10-27/h3,5-6,13-14,19H,4,7-12,15H2,1-2H3/t19-/m0/s1. The van der Waals surface area contributed by atoms with Crippen LogP contribution in [0.1, 0.15) is 24.6 Å². The minimum absolute atomic E-state index is 0.0609. The number of morpholine rings is 1. The minimum atomic E-state index is -0.0609. The van der Waals surface area contributed by atoms with Crippen molar-refractivity contribution in [1.29, 1.82) is 0 Å². The highest BCUT2D eigenvalue weighted by Gasteiger charge is 2.34. The molecule has 2 fully saturated rings. The van der Waals surface area contributed by atoms with Crippen molar-refractivity contribution in [2.24, 2.45) is 0 Å². The Labute approximate surface area is 182 Å². The van der Waals surface area contributed by atoms with Gasteiger partial charge in [-0.2, -0.15) is 0 Å². The van der Waals surface area contributed by atoms with E-state index >= 15 is 0 Å². The van der Waals surface area contributed by atoms with Crippen molar-refractivity contribution < 1.29 is 9.53 Å². The molecule has 7 nitrogen and oxygen atoms in total. The molecule has 160 valence electrons. The van der Waals surface area contributed by atoms with Gasteiger partial charge in [0.2, 0.25) is 11.9 Å². The third-order valence-corrected chi connectivity index (χ3v) is 5.93. The van der Waals surface area contributed by atoms with Gasteiger partial charge < -0.3 is 14.5 Å². The van der Waals surface area contributed by atoms with Gasteiger partial charge in [0.15, 0.2) is 0 Å². The molecule has 1 amide bonds. The van der Waals surface area contributed by atoms with Crippen LogP contribution >= 0.6 is 11.6 Å². The van der Waals surface area contributed by atoms with Crippen molar-refractivity contribution in [3.63, 3.8) is 0 Å². The zero-order chi connectivity index (χ0) is 21.1. The summed E-state index contributed by atoms with van der Waals surface area (Å²) in [6, 6.07) is 7.66. The van der Waals surface area contributed by atoms with Crippen LogP contribution in [0.15, 0.2) is 30.5 Å². The van der Waals surface area contributed by atoms with Gasteiger partial charge in [-0.3, -0.25) is 9.69 Å². The number of hydrogen-bond donors (Lipinski definition) is 0. The lowest BCUT2D eigenvalue weighted by Crippen LogP contribution is -2.44. The molecule has 2 aromatic rings. The van der Waals surface area contributed by atoms with E-state index in [9.17, 15) is 4.79 Å². The lowest BCUT2D eigenvalue weighted by Gasteiger charge is -2.31. The van der Waals surface area contributed by atoms with E-state index in [0.29, 0.717) is 30.7 Å². The molecule has 0 aliphatic carbocycles. The van der Waals surface area contributed by atoms with Gasteiger partial charge in [-0.1, -0.05) is 23.7 Å². The van der Waals surface area contributed by atoms with Crippen molar-refractivity contribution in [2.45, 2.75) is 18.9 Å². The smallest absolute Gasteiger partial charge is 0.237 e.